The predicted molar refractivity (Wildman–Crippen MR) is 102 cm³/mol. The van der Waals surface area contributed by atoms with Gasteiger partial charge in [-0.25, -0.2) is 8.42 Å². The minimum Gasteiger partial charge on any atom is -0.497 e. The molecule has 0 N–H and O–H groups in total. The lowest BCUT2D eigenvalue weighted by Crippen LogP contribution is -2.57. The van der Waals surface area contributed by atoms with E-state index in [0.717, 1.165) is 24.8 Å². The first kappa shape index (κ1) is 18.4. The van der Waals surface area contributed by atoms with Crippen LogP contribution in [0.4, 0.5) is 0 Å². The summed E-state index contributed by atoms with van der Waals surface area (Å²) < 4.78 is 39.5. The molecule has 4 fully saturated rings. The number of morpholine rings is 1. The normalized spacial score (nSPS) is 34.1. The summed E-state index contributed by atoms with van der Waals surface area (Å²) in [6.45, 7) is 1.51. The molecule has 4 aliphatic rings. The number of carbonyl (C=O) groups excluding carboxylic acids is 1. The third-order valence-corrected chi connectivity index (χ3v) is 9.09. The van der Waals surface area contributed by atoms with Crippen LogP contribution >= 0.6 is 0 Å². The Morgan fingerprint density at radius 2 is 2.14 bits per heavy atom. The van der Waals surface area contributed by atoms with Gasteiger partial charge >= 0.3 is 0 Å². The number of likely N-dealkylation sites (tertiary alicyclic amines) is 1. The van der Waals surface area contributed by atoms with Gasteiger partial charge in [-0.1, -0.05) is 18.6 Å². The fourth-order valence-electron chi connectivity index (χ4n) is 5.15. The molecule has 152 valence electrons. The number of amides is 1. The molecule has 7 nitrogen and oxygen atoms in total. The van der Waals surface area contributed by atoms with Crippen molar-refractivity contribution >= 4 is 15.9 Å². The highest BCUT2D eigenvalue weighted by Gasteiger charge is 2.65. The molecule has 1 saturated carbocycles. The fourth-order valence-corrected chi connectivity index (χ4v) is 7.44. The van der Waals surface area contributed by atoms with Crippen LogP contribution in [-0.2, 0) is 26.1 Å². The second kappa shape index (κ2) is 6.43. The SMILES string of the molecule is COc1cccc(CN2C[C@@]34CN(C(=O)C5CCC5)C[C@@H](C[C@@H]3S2(=O)=O)O4)c1. The van der Waals surface area contributed by atoms with Gasteiger partial charge in [0, 0.05) is 25.6 Å². The highest BCUT2D eigenvalue weighted by molar-refractivity contribution is 7.90. The molecule has 3 saturated heterocycles. The summed E-state index contributed by atoms with van der Waals surface area (Å²) in [5.74, 6) is 1.01. The molecule has 1 aromatic carbocycles. The number of sulfonamides is 1. The Hall–Kier alpha value is -1.64. The number of carbonyl (C=O) groups is 1. The van der Waals surface area contributed by atoms with Crippen molar-refractivity contribution in [3.05, 3.63) is 29.8 Å². The zero-order valence-electron chi connectivity index (χ0n) is 16.0. The number of fused-ring (bicyclic) bond motifs is 1. The van der Waals surface area contributed by atoms with E-state index >= 15 is 0 Å². The standard InChI is InChI=1S/C20H26N2O5S/c1-26-16-7-2-4-14(8-16)10-22-13-20-12-21(19(23)15-5-3-6-15)11-17(27-20)9-18(20)28(22,24)25/h2,4,7-8,15,17-18H,3,5-6,9-13H2,1H3/t17-,18+,20+/m1/s1. The summed E-state index contributed by atoms with van der Waals surface area (Å²) >= 11 is 0. The molecule has 3 heterocycles. The molecule has 0 aromatic heterocycles. The van der Waals surface area contributed by atoms with Crippen LogP contribution in [0.5, 0.6) is 5.75 Å². The van der Waals surface area contributed by atoms with Gasteiger partial charge in [-0.15, -0.1) is 0 Å². The highest BCUT2D eigenvalue weighted by atomic mass is 32.2. The zero-order valence-corrected chi connectivity index (χ0v) is 16.9. The molecule has 1 spiro atoms. The van der Waals surface area contributed by atoms with E-state index in [0.29, 0.717) is 38.3 Å². The summed E-state index contributed by atoms with van der Waals surface area (Å²) in [7, 11) is -1.88. The van der Waals surface area contributed by atoms with Gasteiger partial charge in [-0.3, -0.25) is 4.79 Å². The van der Waals surface area contributed by atoms with Crippen molar-refractivity contribution in [1.29, 1.82) is 0 Å². The van der Waals surface area contributed by atoms with Crippen LogP contribution in [0.25, 0.3) is 0 Å². The largest absolute Gasteiger partial charge is 0.497 e. The fraction of sp³-hybridized carbons (Fsp3) is 0.650. The average Bonchev–Trinajstić information content (AvgIpc) is 2.99. The maximum atomic E-state index is 13.3. The third kappa shape index (κ3) is 2.76. The molecular weight excluding hydrogens is 380 g/mol. The molecule has 1 aromatic rings. The van der Waals surface area contributed by atoms with Crippen molar-refractivity contribution in [3.63, 3.8) is 0 Å². The van der Waals surface area contributed by atoms with Crippen LogP contribution in [0, 0.1) is 5.92 Å². The van der Waals surface area contributed by atoms with Crippen LogP contribution < -0.4 is 4.74 Å². The molecule has 1 amide bonds. The van der Waals surface area contributed by atoms with E-state index in [-0.39, 0.29) is 17.9 Å². The Kier molecular flexibility index (Phi) is 4.23. The van der Waals surface area contributed by atoms with E-state index in [9.17, 15) is 13.2 Å². The Balaban J connectivity index is 1.38. The lowest BCUT2D eigenvalue weighted by Gasteiger charge is -2.42. The average molecular weight is 407 g/mol. The zero-order chi connectivity index (χ0) is 19.5. The predicted octanol–water partition coefficient (Wildman–Crippen LogP) is 1.38. The summed E-state index contributed by atoms with van der Waals surface area (Å²) in [6, 6.07) is 7.47. The minimum atomic E-state index is -3.48. The summed E-state index contributed by atoms with van der Waals surface area (Å²) in [4.78, 5) is 14.7. The van der Waals surface area contributed by atoms with Gasteiger partial charge in [0.25, 0.3) is 0 Å². The van der Waals surface area contributed by atoms with Gasteiger partial charge in [-0.05, 0) is 37.0 Å². The topological polar surface area (TPSA) is 76.2 Å². The maximum Gasteiger partial charge on any atom is 0.225 e. The van der Waals surface area contributed by atoms with E-state index in [1.807, 2.05) is 29.2 Å². The van der Waals surface area contributed by atoms with Crippen LogP contribution in [-0.4, -0.2) is 67.2 Å². The number of rotatable bonds is 4. The van der Waals surface area contributed by atoms with Crippen LogP contribution in [0.3, 0.4) is 0 Å². The van der Waals surface area contributed by atoms with E-state index in [1.165, 1.54) is 4.31 Å². The Labute approximate surface area is 165 Å². The first-order valence-corrected chi connectivity index (χ1v) is 11.5. The van der Waals surface area contributed by atoms with E-state index in [2.05, 4.69) is 0 Å². The van der Waals surface area contributed by atoms with Gasteiger partial charge in [-0.2, -0.15) is 4.31 Å². The van der Waals surface area contributed by atoms with Gasteiger partial charge in [0.2, 0.25) is 15.9 Å². The number of methoxy groups -OCH3 is 1. The number of nitrogens with zero attached hydrogens (tertiary/aromatic N) is 2. The summed E-state index contributed by atoms with van der Waals surface area (Å²) in [6.07, 6.45) is 3.33. The third-order valence-electron chi connectivity index (χ3n) is 6.77. The molecule has 3 atom stereocenters. The first-order chi connectivity index (χ1) is 13.4. The van der Waals surface area contributed by atoms with Crippen molar-refractivity contribution in [2.75, 3.05) is 26.7 Å². The molecule has 2 bridgehead atoms. The summed E-state index contributed by atoms with van der Waals surface area (Å²) in [5, 5.41) is -0.560. The monoisotopic (exact) mass is 406 g/mol. The molecule has 3 aliphatic heterocycles. The van der Waals surface area contributed by atoms with Crippen molar-refractivity contribution in [1.82, 2.24) is 9.21 Å². The van der Waals surface area contributed by atoms with E-state index < -0.39 is 20.9 Å². The van der Waals surface area contributed by atoms with Crippen molar-refractivity contribution < 1.29 is 22.7 Å². The van der Waals surface area contributed by atoms with Gasteiger partial charge in [0.1, 0.15) is 16.6 Å². The van der Waals surface area contributed by atoms with Crippen LogP contribution in [0.1, 0.15) is 31.2 Å². The van der Waals surface area contributed by atoms with Crippen LogP contribution in [0.2, 0.25) is 0 Å². The number of hydrogen-bond acceptors (Lipinski definition) is 5. The number of ether oxygens (including phenoxy) is 2. The number of benzene rings is 1. The second-order valence-corrected chi connectivity index (χ2v) is 10.7. The maximum absolute atomic E-state index is 13.3. The first-order valence-electron chi connectivity index (χ1n) is 10.00. The Bertz CT molecular complexity index is 900. The molecule has 28 heavy (non-hydrogen) atoms. The van der Waals surface area contributed by atoms with E-state index in [4.69, 9.17) is 9.47 Å². The smallest absolute Gasteiger partial charge is 0.225 e. The van der Waals surface area contributed by atoms with Gasteiger partial charge < -0.3 is 14.4 Å². The molecule has 8 heteroatoms. The minimum absolute atomic E-state index is 0.123. The van der Waals surface area contributed by atoms with Crippen molar-refractivity contribution in [2.24, 2.45) is 5.92 Å². The molecule has 1 aliphatic carbocycles. The Morgan fingerprint density at radius 3 is 2.86 bits per heavy atom. The lowest BCUT2D eigenvalue weighted by atomic mass is 9.84. The van der Waals surface area contributed by atoms with E-state index in [1.54, 1.807) is 7.11 Å². The molecule has 0 radical (unpaired) electrons. The quantitative estimate of drug-likeness (QED) is 0.755. The molecule has 5 rings (SSSR count). The molecular formula is C20H26N2O5S. The summed E-state index contributed by atoms with van der Waals surface area (Å²) in [5.41, 5.74) is 0.0917. The highest BCUT2D eigenvalue weighted by Crippen LogP contribution is 2.47. The lowest BCUT2D eigenvalue weighted by molar-refractivity contribution is -0.157. The van der Waals surface area contributed by atoms with Gasteiger partial charge in [0.15, 0.2) is 0 Å². The van der Waals surface area contributed by atoms with Crippen molar-refractivity contribution in [2.45, 2.75) is 49.2 Å². The van der Waals surface area contributed by atoms with Crippen LogP contribution in [0.15, 0.2) is 24.3 Å². The number of hydrogen-bond donors (Lipinski definition) is 0. The van der Waals surface area contributed by atoms with Gasteiger partial charge in [0.05, 0.1) is 19.8 Å². The Morgan fingerprint density at radius 1 is 1.32 bits per heavy atom. The van der Waals surface area contributed by atoms with Crippen molar-refractivity contribution in [3.8, 4) is 5.75 Å². The molecule has 0 unspecified atom stereocenters. The second-order valence-electron chi connectivity index (χ2n) is 8.54.